The summed E-state index contributed by atoms with van der Waals surface area (Å²) in [6.45, 7) is 6.61. The van der Waals surface area contributed by atoms with Gasteiger partial charge in [-0.3, -0.25) is 0 Å². The van der Waals surface area contributed by atoms with E-state index in [1.807, 2.05) is 261 Å². The Labute approximate surface area is 680 Å². The van der Waals surface area contributed by atoms with Crippen molar-refractivity contribution in [1.29, 1.82) is 0 Å². The molecule has 3 fully saturated rings. The molecule has 11 aromatic rings. The van der Waals surface area contributed by atoms with Crippen LogP contribution in [0.5, 0.6) is 0 Å². The third kappa shape index (κ3) is 21.6. The van der Waals surface area contributed by atoms with Crippen molar-refractivity contribution >= 4 is 30.6 Å². The quantitative estimate of drug-likeness (QED) is 0.0288. The number of ether oxygens (including phenoxy) is 14. The Hall–Kier alpha value is -9.98. The van der Waals surface area contributed by atoms with E-state index in [0.29, 0.717) is 0 Å². The number of carbonyl (C=O) groups excluding carboxylic acids is 2. The van der Waals surface area contributed by atoms with Gasteiger partial charge >= 0.3 is 11.9 Å². The predicted octanol–water partition coefficient (Wildman–Crippen LogP) is 15.3. The number of aliphatic hydroxyl groups is 1. The zero-order valence-corrected chi connectivity index (χ0v) is 66.4. The summed E-state index contributed by atoms with van der Waals surface area (Å²) in [5.41, 5.74) is 6.41. The van der Waals surface area contributed by atoms with E-state index in [1.54, 1.807) is 48.5 Å². The largest absolute Gasteiger partial charge is 0.450 e. The highest BCUT2D eigenvalue weighted by atomic mass is 28.4. The Morgan fingerprint density at radius 1 is 0.302 bits per heavy atom. The monoisotopic (exact) mass is 1580 g/mol. The van der Waals surface area contributed by atoms with Crippen LogP contribution in [-0.4, -0.2) is 137 Å². The second-order valence-corrected chi connectivity index (χ2v) is 34.4. The van der Waals surface area contributed by atoms with Crippen LogP contribution in [0.25, 0.3) is 0 Å². The fourth-order valence-electron chi connectivity index (χ4n) is 15.2. The first-order valence-electron chi connectivity index (χ1n) is 39.6. The van der Waals surface area contributed by atoms with Crippen LogP contribution in [0.4, 0.5) is 0 Å². The second-order valence-electron chi connectivity index (χ2n) is 30.1. The molecule has 15 atom stereocenters. The summed E-state index contributed by atoms with van der Waals surface area (Å²) in [5, 5.41) is 15.0. The van der Waals surface area contributed by atoms with E-state index in [2.05, 4.69) is 45.0 Å². The Morgan fingerprint density at radius 2 is 0.578 bits per heavy atom. The molecule has 3 saturated heterocycles. The summed E-state index contributed by atoms with van der Waals surface area (Å²) in [6.07, 6.45) is -19.3. The third-order valence-electron chi connectivity index (χ3n) is 21.0. The Kier molecular flexibility index (Phi) is 29.3. The number of hydrogen-bond acceptors (Lipinski definition) is 18. The van der Waals surface area contributed by atoms with E-state index < -0.39 is 124 Å². The Balaban J connectivity index is 0.868. The maximum atomic E-state index is 15.2. The van der Waals surface area contributed by atoms with Crippen LogP contribution < -0.4 is 10.4 Å². The molecule has 0 aliphatic carbocycles. The van der Waals surface area contributed by atoms with Gasteiger partial charge in [0, 0.05) is 0 Å². The fraction of sp³-hybridized carbons (Fsp3) is 0.299. The maximum absolute atomic E-state index is 15.2. The molecule has 14 rings (SSSR count). The number of esters is 2. The molecule has 0 radical (unpaired) electrons. The lowest BCUT2D eigenvalue weighted by atomic mass is 9.95. The van der Waals surface area contributed by atoms with Crippen molar-refractivity contribution in [3.63, 3.8) is 0 Å². The van der Waals surface area contributed by atoms with Gasteiger partial charge in [0.2, 0.25) is 0 Å². The summed E-state index contributed by atoms with van der Waals surface area (Å²) >= 11 is 0. The SMILES string of the molecule is CC(C)(C)[Si](OCC1OC(OC2C(O)OC(COC3OC(COCc4ccccc4)C(OCc4ccccc4)C(OCc4ccccc4)C3OC(=O)c3ccccc3)C(OCc3ccccc3)C2OCc2ccccc2)C(OC(=O)c2ccccc2)C(OCc2ccccc2)C1OCc1ccccc1)(c1ccccc1)c1ccccc1. The van der Waals surface area contributed by atoms with E-state index in [-0.39, 0.29) is 70.6 Å². The van der Waals surface area contributed by atoms with Gasteiger partial charge in [-0.25, -0.2) is 9.59 Å². The standard InChI is InChI=1S/C97H100O18Si/c1-97(2,3)116(78-55-33-13-34-56-78,79-57-35-14-36-58-79)109-68-82-85(104-62-72-43-21-7-22-44-72)88(107-65-75-49-27-10-28-50-75)91(114-93(99)77-53-31-12-32-54-77)96(112-82)115-89-86(105-63-73-45-23-8-24-46-73)84(103-61-71-41-19-6-20-42-71)81(110-94(89)100)67-108-95-90(113-92(98)76-51-29-11-30-52-76)87(106-64-74-47-25-9-26-48-74)83(102-60-70-39-17-5-18-40-70)80(111-95)66-101-59-69-37-15-4-16-38-69/h4-58,80-91,94-96,100H,59-68H2,1-3H3. The molecule has 3 aliphatic rings. The van der Waals surface area contributed by atoms with Crippen LogP contribution in [0.15, 0.2) is 334 Å². The minimum atomic E-state index is -3.39. The first kappa shape index (κ1) is 82.5. The molecule has 18 nitrogen and oxygen atoms in total. The number of carbonyl (C=O) groups is 2. The molecule has 116 heavy (non-hydrogen) atoms. The lowest BCUT2D eigenvalue weighted by molar-refractivity contribution is -0.377. The average Bonchev–Trinajstić information content (AvgIpc) is 0.757. The summed E-state index contributed by atoms with van der Waals surface area (Å²) in [4.78, 5) is 30.1. The molecule has 1 N–H and O–H groups in total. The summed E-state index contributed by atoms with van der Waals surface area (Å²) < 4.78 is 107. The molecule has 3 aliphatic heterocycles. The van der Waals surface area contributed by atoms with Crippen molar-refractivity contribution in [2.75, 3.05) is 19.8 Å². The fourth-order valence-corrected chi connectivity index (χ4v) is 19.7. The van der Waals surface area contributed by atoms with Crippen molar-refractivity contribution in [3.8, 4) is 0 Å². The molecular formula is C97H100O18Si. The summed E-state index contributed by atoms with van der Waals surface area (Å²) in [7, 11) is -3.39. The van der Waals surface area contributed by atoms with Gasteiger partial charge in [0.15, 0.2) is 31.1 Å². The van der Waals surface area contributed by atoms with Crippen LogP contribution in [0.2, 0.25) is 5.04 Å². The number of aliphatic hydroxyl groups excluding tert-OH is 1. The van der Waals surface area contributed by atoms with Gasteiger partial charge in [-0.2, -0.15) is 0 Å². The van der Waals surface area contributed by atoms with Crippen LogP contribution in [0.1, 0.15) is 80.4 Å². The van der Waals surface area contributed by atoms with Crippen molar-refractivity contribution in [2.24, 2.45) is 0 Å². The molecule has 0 amide bonds. The highest BCUT2D eigenvalue weighted by Crippen LogP contribution is 2.41. The zero-order chi connectivity index (χ0) is 79.7. The van der Waals surface area contributed by atoms with Gasteiger partial charge < -0.3 is 75.8 Å². The van der Waals surface area contributed by atoms with E-state index in [0.717, 1.165) is 49.3 Å². The number of hydrogen-bond donors (Lipinski definition) is 1. The molecule has 0 bridgehead atoms. The first-order chi connectivity index (χ1) is 56.9. The van der Waals surface area contributed by atoms with E-state index >= 15 is 4.79 Å². The van der Waals surface area contributed by atoms with Crippen molar-refractivity contribution < 1.29 is 85.4 Å². The Morgan fingerprint density at radius 3 is 0.922 bits per heavy atom. The van der Waals surface area contributed by atoms with Crippen molar-refractivity contribution in [1.82, 2.24) is 0 Å². The lowest BCUT2D eigenvalue weighted by Gasteiger charge is -2.50. The molecule has 15 unspecified atom stereocenters. The zero-order valence-electron chi connectivity index (χ0n) is 65.4. The number of rotatable bonds is 36. The van der Waals surface area contributed by atoms with Gasteiger partial charge in [0.05, 0.1) is 77.2 Å². The molecule has 600 valence electrons. The van der Waals surface area contributed by atoms with Crippen LogP contribution >= 0.6 is 0 Å². The van der Waals surface area contributed by atoms with Gasteiger partial charge in [0.1, 0.15) is 61.0 Å². The van der Waals surface area contributed by atoms with E-state index in [1.165, 1.54) is 0 Å². The van der Waals surface area contributed by atoms with Gasteiger partial charge in [-0.05, 0) is 78.6 Å². The van der Waals surface area contributed by atoms with Crippen LogP contribution in [-0.2, 0) is 117 Å². The highest BCUT2D eigenvalue weighted by Gasteiger charge is 2.58. The molecule has 0 saturated carbocycles. The smallest absolute Gasteiger partial charge is 0.338 e. The summed E-state index contributed by atoms with van der Waals surface area (Å²) in [6, 6.07) is 106. The third-order valence-corrected chi connectivity index (χ3v) is 26.0. The molecule has 3 heterocycles. The van der Waals surface area contributed by atoms with Crippen LogP contribution in [0.3, 0.4) is 0 Å². The average molecular weight is 1580 g/mol. The van der Waals surface area contributed by atoms with Gasteiger partial charge in [0.25, 0.3) is 8.32 Å². The molecule has 19 heteroatoms. The second kappa shape index (κ2) is 41.2. The molecule has 0 aromatic heterocycles. The first-order valence-corrected chi connectivity index (χ1v) is 41.5. The predicted molar refractivity (Wildman–Crippen MR) is 440 cm³/mol. The normalized spacial score (nSPS) is 23.6. The van der Waals surface area contributed by atoms with Crippen molar-refractivity contribution in [2.45, 2.75) is 164 Å². The van der Waals surface area contributed by atoms with Crippen molar-refractivity contribution in [3.05, 3.63) is 384 Å². The van der Waals surface area contributed by atoms with E-state index in [4.69, 9.17) is 70.7 Å². The van der Waals surface area contributed by atoms with Gasteiger partial charge in [-0.15, -0.1) is 0 Å². The maximum Gasteiger partial charge on any atom is 0.338 e. The molecule has 11 aromatic carbocycles. The molecular weight excluding hydrogens is 1480 g/mol. The lowest BCUT2D eigenvalue weighted by Crippen LogP contribution is -2.69. The topological polar surface area (TPSA) is 193 Å². The summed E-state index contributed by atoms with van der Waals surface area (Å²) in [5.74, 6) is -1.39. The highest BCUT2D eigenvalue weighted by molar-refractivity contribution is 6.99. The Bertz CT molecular complexity index is 4650. The van der Waals surface area contributed by atoms with E-state index in [9.17, 15) is 9.90 Å². The van der Waals surface area contributed by atoms with Gasteiger partial charge in [-0.1, -0.05) is 330 Å². The minimum Gasteiger partial charge on any atom is -0.450 e. The van der Waals surface area contributed by atoms with Crippen LogP contribution in [0, 0.1) is 0 Å². The number of benzene rings is 11. The minimum absolute atomic E-state index is 0.00200. The molecule has 0 spiro atoms.